The molecule has 2 N–H and O–H groups in total. The number of aromatic amines is 2. The third-order valence-corrected chi connectivity index (χ3v) is 9.67. The van der Waals surface area contributed by atoms with E-state index in [1.807, 2.05) is 0 Å². The van der Waals surface area contributed by atoms with Crippen LogP contribution >= 0.6 is 14.9 Å². The van der Waals surface area contributed by atoms with E-state index in [2.05, 4.69) is 24.9 Å². The van der Waals surface area contributed by atoms with Gasteiger partial charge in [-0.05, 0) is 6.92 Å². The molecule has 4 radical (unpaired) electrons. The maximum atomic E-state index is 16.0. The molecule has 4 aromatic rings. The lowest BCUT2D eigenvalue weighted by atomic mass is 10.1. The summed E-state index contributed by atoms with van der Waals surface area (Å²) >= 11 is 0. The Morgan fingerprint density at radius 2 is 1.50 bits per heavy atom. The number of fused-ring (bicyclic) bond motifs is 4. The van der Waals surface area contributed by atoms with Crippen LogP contribution in [0, 0.1) is 12.7 Å². The number of halogens is 3. The summed E-state index contributed by atoms with van der Waals surface area (Å²) in [5.74, 6) is -0.844. The fraction of sp³-hybridized carbons (Fsp3) is 0.500. The first kappa shape index (κ1) is 31.5. The first-order valence-corrected chi connectivity index (χ1v) is 16.6. The molecule has 3 aliphatic rings. The number of rotatable bonds is 2. The summed E-state index contributed by atoms with van der Waals surface area (Å²) in [5, 5.41) is -0.485. The van der Waals surface area contributed by atoms with E-state index in [0.717, 1.165) is 28.0 Å². The van der Waals surface area contributed by atoms with Gasteiger partial charge in [-0.3, -0.25) is 27.9 Å². The van der Waals surface area contributed by atoms with Crippen molar-refractivity contribution in [2.75, 3.05) is 13.2 Å². The molecular formula is C22H20B2F3N7O10P2. The molecule has 4 aromatic heterocycles. The minimum atomic E-state index is -4.71. The maximum Gasteiger partial charge on any atom is 0.279 e. The minimum Gasteiger partial charge on any atom is -0.346 e. The number of aryl methyl sites for hydroxylation is 1. The van der Waals surface area contributed by atoms with Crippen LogP contribution < -0.4 is 11.1 Å². The van der Waals surface area contributed by atoms with E-state index in [1.54, 1.807) is 0 Å². The van der Waals surface area contributed by atoms with Crippen LogP contribution in [0.2, 0.25) is 0 Å². The average Bonchev–Trinajstić information content (AvgIpc) is 3.71. The second-order valence-electron chi connectivity index (χ2n) is 10.6. The van der Waals surface area contributed by atoms with Crippen molar-refractivity contribution in [3.8, 4) is 0 Å². The molecule has 0 aliphatic carbocycles. The van der Waals surface area contributed by atoms with E-state index in [1.165, 1.54) is 6.92 Å². The van der Waals surface area contributed by atoms with E-state index in [9.17, 15) is 23.1 Å². The number of alkyl halides is 2. The molecule has 0 saturated carbocycles. The fourth-order valence-electron chi connectivity index (χ4n) is 5.58. The van der Waals surface area contributed by atoms with Gasteiger partial charge in [0.2, 0.25) is 15.1 Å². The topological polar surface area (TPSA) is 204 Å². The van der Waals surface area contributed by atoms with Crippen LogP contribution in [0.4, 0.5) is 13.2 Å². The molecule has 3 fully saturated rings. The van der Waals surface area contributed by atoms with E-state index < -0.39 is 99.7 Å². The van der Waals surface area contributed by atoms with Gasteiger partial charge in [0, 0.05) is 6.20 Å². The van der Waals surface area contributed by atoms with Gasteiger partial charge in [-0.1, -0.05) is 0 Å². The van der Waals surface area contributed by atoms with E-state index in [-0.39, 0.29) is 22.6 Å². The van der Waals surface area contributed by atoms with Crippen molar-refractivity contribution >= 4 is 52.3 Å². The molecule has 4 unspecified atom stereocenters. The van der Waals surface area contributed by atoms with E-state index in [4.69, 9.17) is 42.7 Å². The highest BCUT2D eigenvalue weighted by Gasteiger charge is 2.53. The van der Waals surface area contributed by atoms with Gasteiger partial charge in [0.25, 0.3) is 26.1 Å². The summed E-state index contributed by atoms with van der Waals surface area (Å²) in [6.45, 7) is -0.165. The third kappa shape index (κ3) is 5.39. The zero-order valence-corrected chi connectivity index (χ0v) is 25.1. The molecule has 0 bridgehead atoms. The fourth-order valence-corrected chi connectivity index (χ4v) is 7.59. The highest BCUT2D eigenvalue weighted by Crippen LogP contribution is 2.54. The van der Waals surface area contributed by atoms with Gasteiger partial charge in [0.05, 0.1) is 25.9 Å². The molecule has 0 aromatic carbocycles. The SMILES string of the molecule is [B]P1(=O)OC[C@H]2O[C@@H](n3cc(F)c4c(=O)[nH]cnc43)C(F)[C@H]2OP([B])(=O)OC[C@H]2O[C@@H](n3cnc4c(=O)[nH]c(C)nc43)[C@@H](F)C2O1. The van der Waals surface area contributed by atoms with Gasteiger partial charge in [-0.2, -0.15) is 0 Å². The number of imidazole rings is 1. The quantitative estimate of drug-likeness (QED) is 0.225. The van der Waals surface area contributed by atoms with Gasteiger partial charge in [0.15, 0.2) is 47.4 Å². The predicted molar refractivity (Wildman–Crippen MR) is 149 cm³/mol. The standard InChI is InChI=1S/C22H20B2F3N7O10P2/c1-7-31-18-14(20(36)32-7)30-6-34(18)22-13(27)16-10(42-22)4-40-45(23,37)43-15-9(3-39-46(24,38)44-16)41-21(12(15)26)33-2-8(25)11-17(33)28-5-29-19(11)35/h2,5-6,9-10,12-13,15-16,21-22H,3-4H2,1H3,(H,28,29,35)(H,31,32,36)/t9-,10-,12?,13+,15+,16?,21-,22-,45?,46?/m1/s1. The second-order valence-corrected chi connectivity index (χ2v) is 13.7. The van der Waals surface area contributed by atoms with E-state index >= 15 is 8.78 Å². The first-order chi connectivity index (χ1) is 21.7. The Hall–Kier alpha value is -3.09. The summed E-state index contributed by atoms with van der Waals surface area (Å²) in [5.41, 5.74) is -1.90. The van der Waals surface area contributed by atoms with Crippen molar-refractivity contribution in [2.24, 2.45) is 0 Å². The van der Waals surface area contributed by atoms with Gasteiger partial charge >= 0.3 is 0 Å². The monoisotopic (exact) mass is 683 g/mol. The highest BCUT2D eigenvalue weighted by molar-refractivity contribution is 7.79. The Labute approximate surface area is 256 Å². The van der Waals surface area contributed by atoms with Crippen molar-refractivity contribution in [3.05, 3.63) is 51.2 Å². The summed E-state index contributed by atoms with van der Waals surface area (Å²) in [6.07, 6.45) is -11.7. The summed E-state index contributed by atoms with van der Waals surface area (Å²) in [6, 6.07) is 0. The molecule has 7 heterocycles. The summed E-state index contributed by atoms with van der Waals surface area (Å²) in [7, 11) is 2.14. The number of hydrogen-bond donors (Lipinski definition) is 2. The lowest BCUT2D eigenvalue weighted by Gasteiger charge is -2.29. The van der Waals surface area contributed by atoms with Crippen molar-refractivity contribution in [1.29, 1.82) is 0 Å². The Morgan fingerprint density at radius 1 is 0.913 bits per heavy atom. The molecule has 0 spiro atoms. The van der Waals surface area contributed by atoms with E-state index in [0.29, 0.717) is 0 Å². The number of hydrogen-bond acceptors (Lipinski definition) is 13. The number of nitrogens with one attached hydrogen (secondary N) is 2. The largest absolute Gasteiger partial charge is 0.346 e. The number of aromatic nitrogens is 7. The summed E-state index contributed by atoms with van der Waals surface area (Å²) < 4.78 is 107. The molecular weight excluding hydrogens is 663 g/mol. The normalized spacial score (nSPS) is 37.1. The first-order valence-electron chi connectivity index (χ1n) is 13.4. The molecule has 46 heavy (non-hydrogen) atoms. The van der Waals surface area contributed by atoms with Gasteiger partial charge in [0.1, 0.15) is 35.6 Å². The summed E-state index contributed by atoms with van der Waals surface area (Å²) in [4.78, 5) is 41.0. The molecule has 3 saturated heterocycles. The second kappa shape index (κ2) is 11.3. The van der Waals surface area contributed by atoms with Crippen molar-refractivity contribution in [3.63, 3.8) is 0 Å². The zero-order chi connectivity index (χ0) is 32.7. The molecule has 0 amide bonds. The maximum absolute atomic E-state index is 16.0. The average molecular weight is 683 g/mol. The Bertz CT molecular complexity index is 2060. The molecule has 24 heteroatoms. The molecule has 3 aliphatic heterocycles. The van der Waals surface area contributed by atoms with Crippen LogP contribution in [0.3, 0.4) is 0 Å². The Morgan fingerprint density at radius 3 is 2.11 bits per heavy atom. The van der Waals surface area contributed by atoms with Crippen LogP contribution in [-0.2, 0) is 36.7 Å². The van der Waals surface area contributed by atoms with Crippen molar-refractivity contribution in [1.82, 2.24) is 34.1 Å². The Balaban J connectivity index is 1.18. The number of nitrogens with zero attached hydrogens (tertiary/aromatic N) is 5. The van der Waals surface area contributed by atoms with Crippen LogP contribution in [0.25, 0.3) is 22.2 Å². The number of ether oxygens (including phenoxy) is 2. The molecule has 240 valence electrons. The van der Waals surface area contributed by atoms with Crippen LogP contribution in [0.5, 0.6) is 0 Å². The molecule has 10 atom stereocenters. The predicted octanol–water partition coefficient (Wildman–Crippen LogP) is 1.15. The smallest absolute Gasteiger partial charge is 0.279 e. The van der Waals surface area contributed by atoms with Crippen molar-refractivity contribution in [2.45, 2.75) is 56.1 Å². The zero-order valence-electron chi connectivity index (χ0n) is 23.3. The third-order valence-electron chi connectivity index (χ3n) is 7.58. The lowest BCUT2D eigenvalue weighted by molar-refractivity contribution is -0.0548. The molecule has 17 nitrogen and oxygen atoms in total. The van der Waals surface area contributed by atoms with Crippen LogP contribution in [0.1, 0.15) is 18.3 Å². The van der Waals surface area contributed by atoms with Gasteiger partial charge in [-0.15, -0.1) is 0 Å². The van der Waals surface area contributed by atoms with Gasteiger partial charge in [-0.25, -0.2) is 28.1 Å². The van der Waals surface area contributed by atoms with Crippen LogP contribution in [-0.4, -0.2) is 99.2 Å². The lowest BCUT2D eigenvalue weighted by Crippen LogP contribution is -2.37. The Kier molecular flexibility index (Phi) is 7.72. The number of H-pyrrole nitrogens is 2. The van der Waals surface area contributed by atoms with Crippen molar-refractivity contribution < 1.29 is 49.9 Å². The highest BCUT2D eigenvalue weighted by atomic mass is 31.2. The molecule has 7 rings (SSSR count). The minimum absolute atomic E-state index is 0.0455. The van der Waals surface area contributed by atoms with Gasteiger partial charge < -0.3 is 37.5 Å². The van der Waals surface area contributed by atoms with Crippen LogP contribution in [0.15, 0.2) is 28.4 Å².